The number of nitriles is 1. The first-order valence-corrected chi connectivity index (χ1v) is 7.07. The van der Waals surface area contributed by atoms with Crippen LogP contribution in [0.4, 0.5) is 0 Å². The molecule has 4 nitrogen and oxygen atoms in total. The molecule has 0 aromatic carbocycles. The van der Waals surface area contributed by atoms with Crippen LogP contribution in [0.2, 0.25) is 0 Å². The summed E-state index contributed by atoms with van der Waals surface area (Å²) in [5.41, 5.74) is 1.00. The van der Waals surface area contributed by atoms with Gasteiger partial charge in [-0.2, -0.15) is 16.6 Å². The van der Waals surface area contributed by atoms with Crippen molar-refractivity contribution in [2.24, 2.45) is 0 Å². The minimum Gasteiger partial charge on any atom is -0.376 e. The minimum atomic E-state index is -0.0447. The van der Waals surface area contributed by atoms with Crippen LogP contribution in [0.5, 0.6) is 0 Å². The summed E-state index contributed by atoms with van der Waals surface area (Å²) in [6, 6.07) is 2.07. The molecular weight excluding hydrogens is 248 g/mol. The van der Waals surface area contributed by atoms with Gasteiger partial charge in [-0.15, -0.1) is 0 Å². The molecular formula is C13H16N2O2S. The second-order valence-electron chi connectivity index (χ2n) is 4.32. The Hall–Kier alpha value is -1.38. The van der Waals surface area contributed by atoms with Crippen LogP contribution in [0, 0.1) is 11.3 Å². The van der Waals surface area contributed by atoms with Gasteiger partial charge in [0.15, 0.2) is 0 Å². The number of carbonyl (C=O) groups is 1. The van der Waals surface area contributed by atoms with Crippen LogP contribution in [0.25, 0.3) is 0 Å². The van der Waals surface area contributed by atoms with E-state index in [1.165, 1.54) is 11.3 Å². The predicted molar refractivity (Wildman–Crippen MR) is 69.6 cm³/mol. The molecule has 1 fully saturated rings. The summed E-state index contributed by atoms with van der Waals surface area (Å²) in [5, 5.41) is 12.4. The molecule has 0 radical (unpaired) electrons. The van der Waals surface area contributed by atoms with Crippen molar-refractivity contribution in [1.82, 2.24) is 4.90 Å². The fraction of sp³-hybridized carbons (Fsp3) is 0.538. The Kier molecular flexibility index (Phi) is 4.34. The SMILES string of the molecule is CC[C@@H]1CN(C(=O)c2cscc2C#N)CCCO1. The molecule has 0 aliphatic carbocycles. The van der Waals surface area contributed by atoms with Crippen LogP contribution in [0.15, 0.2) is 10.8 Å². The second kappa shape index (κ2) is 5.98. The van der Waals surface area contributed by atoms with Gasteiger partial charge < -0.3 is 9.64 Å². The van der Waals surface area contributed by atoms with Gasteiger partial charge in [-0.25, -0.2) is 0 Å². The van der Waals surface area contributed by atoms with Crippen LogP contribution >= 0.6 is 11.3 Å². The van der Waals surface area contributed by atoms with Gasteiger partial charge in [-0.05, 0) is 12.8 Å². The van der Waals surface area contributed by atoms with Crippen LogP contribution in [-0.2, 0) is 4.74 Å². The number of rotatable bonds is 2. The molecule has 1 amide bonds. The molecule has 0 N–H and O–H groups in total. The van der Waals surface area contributed by atoms with E-state index in [1.54, 1.807) is 10.8 Å². The number of ether oxygens (including phenoxy) is 1. The summed E-state index contributed by atoms with van der Waals surface area (Å²) in [6.07, 6.45) is 1.87. The standard InChI is InChI=1S/C13H16N2O2S/c1-2-11-7-15(4-3-5-17-11)13(16)12-9-18-8-10(12)6-14/h8-9,11H,2-5,7H2,1H3/t11-/m1/s1. The fourth-order valence-corrected chi connectivity index (χ4v) is 2.79. The summed E-state index contributed by atoms with van der Waals surface area (Å²) < 4.78 is 5.65. The van der Waals surface area contributed by atoms with Crippen molar-refractivity contribution in [2.75, 3.05) is 19.7 Å². The van der Waals surface area contributed by atoms with E-state index in [0.717, 1.165) is 12.8 Å². The smallest absolute Gasteiger partial charge is 0.256 e. The largest absolute Gasteiger partial charge is 0.376 e. The average Bonchev–Trinajstić information content (AvgIpc) is 2.74. The molecule has 1 aromatic heterocycles. The lowest BCUT2D eigenvalue weighted by molar-refractivity contribution is 0.0460. The molecule has 1 aromatic rings. The number of hydrogen-bond acceptors (Lipinski definition) is 4. The van der Waals surface area contributed by atoms with E-state index < -0.39 is 0 Å². The van der Waals surface area contributed by atoms with Crippen molar-refractivity contribution in [3.63, 3.8) is 0 Å². The van der Waals surface area contributed by atoms with Gasteiger partial charge in [-0.3, -0.25) is 4.79 Å². The van der Waals surface area contributed by atoms with E-state index in [2.05, 4.69) is 13.0 Å². The zero-order valence-corrected chi connectivity index (χ0v) is 11.2. The molecule has 96 valence electrons. The first kappa shape index (κ1) is 13.1. The highest BCUT2D eigenvalue weighted by Gasteiger charge is 2.24. The third-order valence-electron chi connectivity index (χ3n) is 3.11. The summed E-state index contributed by atoms with van der Waals surface area (Å²) in [6.45, 7) is 4.09. The highest BCUT2D eigenvalue weighted by Crippen LogP contribution is 2.18. The Morgan fingerprint density at radius 1 is 1.67 bits per heavy atom. The molecule has 18 heavy (non-hydrogen) atoms. The maximum atomic E-state index is 12.4. The summed E-state index contributed by atoms with van der Waals surface area (Å²) in [4.78, 5) is 14.2. The van der Waals surface area contributed by atoms with E-state index in [1.807, 2.05) is 4.90 Å². The molecule has 2 heterocycles. The maximum absolute atomic E-state index is 12.4. The zero-order chi connectivity index (χ0) is 13.0. The van der Waals surface area contributed by atoms with Gasteiger partial charge in [0.2, 0.25) is 0 Å². The number of carbonyl (C=O) groups excluding carboxylic acids is 1. The molecule has 2 rings (SSSR count). The molecule has 0 saturated carbocycles. The molecule has 1 atom stereocenters. The average molecular weight is 264 g/mol. The first-order valence-electron chi connectivity index (χ1n) is 6.13. The Morgan fingerprint density at radius 3 is 3.22 bits per heavy atom. The van der Waals surface area contributed by atoms with Gasteiger partial charge in [-0.1, -0.05) is 6.92 Å². The topological polar surface area (TPSA) is 53.3 Å². The molecule has 1 aliphatic rings. The third kappa shape index (κ3) is 2.71. The number of thiophene rings is 1. The predicted octanol–water partition coefficient (Wildman–Crippen LogP) is 2.26. The Bertz CT molecular complexity index is 464. The third-order valence-corrected chi connectivity index (χ3v) is 3.85. The van der Waals surface area contributed by atoms with Crippen molar-refractivity contribution in [3.8, 4) is 6.07 Å². The van der Waals surface area contributed by atoms with Crippen molar-refractivity contribution < 1.29 is 9.53 Å². The van der Waals surface area contributed by atoms with Gasteiger partial charge in [0, 0.05) is 30.5 Å². The minimum absolute atomic E-state index is 0.0447. The van der Waals surface area contributed by atoms with Gasteiger partial charge >= 0.3 is 0 Å². The van der Waals surface area contributed by atoms with E-state index in [4.69, 9.17) is 10.00 Å². The fourth-order valence-electron chi connectivity index (χ4n) is 2.05. The monoisotopic (exact) mass is 264 g/mol. The number of nitrogens with zero attached hydrogens (tertiary/aromatic N) is 2. The highest BCUT2D eigenvalue weighted by atomic mass is 32.1. The van der Waals surface area contributed by atoms with E-state index in [9.17, 15) is 4.79 Å². The Labute approximate surface area is 111 Å². The normalized spacial score (nSPS) is 20.2. The highest BCUT2D eigenvalue weighted by molar-refractivity contribution is 7.08. The lowest BCUT2D eigenvalue weighted by Crippen LogP contribution is -2.36. The Balaban J connectivity index is 2.15. The van der Waals surface area contributed by atoms with Crippen molar-refractivity contribution in [1.29, 1.82) is 5.26 Å². The molecule has 1 saturated heterocycles. The zero-order valence-electron chi connectivity index (χ0n) is 10.4. The first-order chi connectivity index (χ1) is 8.76. The number of hydrogen-bond donors (Lipinski definition) is 0. The van der Waals surface area contributed by atoms with Gasteiger partial charge in [0.1, 0.15) is 6.07 Å². The van der Waals surface area contributed by atoms with Crippen molar-refractivity contribution in [3.05, 3.63) is 21.9 Å². The lowest BCUT2D eigenvalue weighted by atomic mass is 10.1. The van der Waals surface area contributed by atoms with Crippen LogP contribution in [0.3, 0.4) is 0 Å². The van der Waals surface area contributed by atoms with Crippen LogP contribution in [-0.4, -0.2) is 36.6 Å². The van der Waals surface area contributed by atoms with E-state index >= 15 is 0 Å². The Morgan fingerprint density at radius 2 is 2.50 bits per heavy atom. The lowest BCUT2D eigenvalue weighted by Gasteiger charge is -2.23. The summed E-state index contributed by atoms with van der Waals surface area (Å²) in [7, 11) is 0. The van der Waals surface area contributed by atoms with Gasteiger partial charge in [0.05, 0.1) is 17.2 Å². The molecule has 1 aliphatic heterocycles. The molecule has 0 unspecified atom stereocenters. The maximum Gasteiger partial charge on any atom is 0.256 e. The summed E-state index contributed by atoms with van der Waals surface area (Å²) >= 11 is 1.39. The molecule has 0 bridgehead atoms. The van der Waals surface area contributed by atoms with Crippen LogP contribution < -0.4 is 0 Å². The van der Waals surface area contributed by atoms with Crippen molar-refractivity contribution in [2.45, 2.75) is 25.9 Å². The van der Waals surface area contributed by atoms with Crippen molar-refractivity contribution >= 4 is 17.2 Å². The molecule has 0 spiro atoms. The van der Waals surface area contributed by atoms with Gasteiger partial charge in [0.25, 0.3) is 5.91 Å². The molecule has 5 heteroatoms. The second-order valence-corrected chi connectivity index (χ2v) is 5.06. The quantitative estimate of drug-likeness (QED) is 0.823. The van der Waals surface area contributed by atoms with E-state index in [0.29, 0.717) is 30.8 Å². The van der Waals surface area contributed by atoms with Crippen LogP contribution in [0.1, 0.15) is 35.7 Å². The summed E-state index contributed by atoms with van der Waals surface area (Å²) in [5.74, 6) is -0.0447. The van der Waals surface area contributed by atoms with E-state index in [-0.39, 0.29) is 12.0 Å². The number of amides is 1.